The first-order valence-corrected chi connectivity index (χ1v) is 8.31. The van der Waals surface area contributed by atoms with Gasteiger partial charge in [-0.3, -0.25) is 4.79 Å². The largest absolute Gasteiger partial charge is 0.378 e. The Balaban J connectivity index is 1.97. The molecule has 1 aliphatic heterocycles. The van der Waals surface area contributed by atoms with Crippen LogP contribution in [0.5, 0.6) is 0 Å². The SMILES string of the molecule is CCN(C)c1nc(-c2ccc(F)cc2)ncc1C(=O)N1CCOCC1. The van der Waals surface area contributed by atoms with Crippen LogP contribution in [0.1, 0.15) is 17.3 Å². The summed E-state index contributed by atoms with van der Waals surface area (Å²) in [6, 6.07) is 6.00. The number of rotatable bonds is 4. The van der Waals surface area contributed by atoms with Gasteiger partial charge in [0.25, 0.3) is 5.91 Å². The second kappa shape index (κ2) is 7.57. The summed E-state index contributed by atoms with van der Waals surface area (Å²) in [6.07, 6.45) is 1.56. The van der Waals surface area contributed by atoms with Gasteiger partial charge < -0.3 is 14.5 Å². The third-order valence-corrected chi connectivity index (χ3v) is 4.24. The number of hydrogen-bond donors (Lipinski definition) is 0. The molecule has 0 aliphatic carbocycles. The zero-order chi connectivity index (χ0) is 17.8. The normalized spacial score (nSPS) is 14.4. The van der Waals surface area contributed by atoms with Gasteiger partial charge in [0, 0.05) is 38.4 Å². The standard InChI is InChI=1S/C18H21FN4O2/c1-3-22(2)17-15(18(24)23-8-10-25-11-9-23)12-20-16(21-17)13-4-6-14(19)7-5-13/h4-7,12H,3,8-11H2,1-2H3. The predicted molar refractivity (Wildman–Crippen MR) is 93.1 cm³/mol. The molecule has 1 aliphatic rings. The summed E-state index contributed by atoms with van der Waals surface area (Å²) in [6.45, 7) is 4.89. The molecule has 0 radical (unpaired) electrons. The molecule has 1 saturated heterocycles. The Morgan fingerprint density at radius 2 is 1.96 bits per heavy atom. The number of carbonyl (C=O) groups excluding carboxylic acids is 1. The van der Waals surface area contributed by atoms with Crippen molar-refractivity contribution in [2.75, 3.05) is 44.8 Å². The Morgan fingerprint density at radius 3 is 2.60 bits per heavy atom. The second-order valence-corrected chi connectivity index (χ2v) is 5.86. The molecule has 0 spiro atoms. The Labute approximate surface area is 146 Å². The molecule has 0 unspecified atom stereocenters. The fourth-order valence-electron chi connectivity index (χ4n) is 2.64. The highest BCUT2D eigenvalue weighted by atomic mass is 19.1. The van der Waals surface area contributed by atoms with Gasteiger partial charge in [-0.15, -0.1) is 0 Å². The van der Waals surface area contributed by atoms with E-state index in [4.69, 9.17) is 4.74 Å². The summed E-state index contributed by atoms with van der Waals surface area (Å²) in [5.41, 5.74) is 1.18. The quantitative estimate of drug-likeness (QED) is 0.851. The van der Waals surface area contributed by atoms with Crippen molar-refractivity contribution in [2.45, 2.75) is 6.92 Å². The number of morpholine rings is 1. The molecular formula is C18H21FN4O2. The van der Waals surface area contributed by atoms with Crippen molar-refractivity contribution in [3.8, 4) is 11.4 Å². The maximum Gasteiger partial charge on any atom is 0.259 e. The molecule has 132 valence electrons. The zero-order valence-electron chi connectivity index (χ0n) is 14.4. The number of nitrogens with zero attached hydrogens (tertiary/aromatic N) is 4. The van der Waals surface area contributed by atoms with Gasteiger partial charge in [-0.05, 0) is 31.2 Å². The van der Waals surface area contributed by atoms with Crippen LogP contribution in [-0.2, 0) is 4.74 Å². The fraction of sp³-hybridized carbons (Fsp3) is 0.389. The van der Waals surface area contributed by atoms with Gasteiger partial charge in [-0.25, -0.2) is 14.4 Å². The highest BCUT2D eigenvalue weighted by Crippen LogP contribution is 2.23. The third-order valence-electron chi connectivity index (χ3n) is 4.24. The van der Waals surface area contributed by atoms with E-state index in [9.17, 15) is 9.18 Å². The number of ether oxygens (including phenoxy) is 1. The molecule has 25 heavy (non-hydrogen) atoms. The number of amides is 1. The zero-order valence-corrected chi connectivity index (χ0v) is 14.4. The van der Waals surface area contributed by atoms with Crippen LogP contribution in [0.3, 0.4) is 0 Å². The minimum Gasteiger partial charge on any atom is -0.378 e. The van der Waals surface area contributed by atoms with Gasteiger partial charge in [0.05, 0.1) is 13.2 Å². The highest BCUT2D eigenvalue weighted by molar-refractivity contribution is 5.99. The lowest BCUT2D eigenvalue weighted by Gasteiger charge is -2.28. The molecule has 6 nitrogen and oxygen atoms in total. The molecular weight excluding hydrogens is 323 g/mol. The molecule has 3 rings (SSSR count). The number of halogens is 1. The van der Waals surface area contributed by atoms with Gasteiger partial charge in [-0.2, -0.15) is 0 Å². The first-order valence-electron chi connectivity index (χ1n) is 8.31. The first-order chi connectivity index (χ1) is 12.1. The van der Waals surface area contributed by atoms with E-state index in [1.807, 2.05) is 18.9 Å². The average Bonchev–Trinajstić information content (AvgIpc) is 2.67. The molecule has 2 heterocycles. The van der Waals surface area contributed by atoms with Crippen LogP contribution in [0.4, 0.5) is 10.2 Å². The number of benzene rings is 1. The van der Waals surface area contributed by atoms with Crippen molar-refractivity contribution in [1.82, 2.24) is 14.9 Å². The number of carbonyl (C=O) groups is 1. The van der Waals surface area contributed by atoms with Crippen LogP contribution in [0.25, 0.3) is 11.4 Å². The van der Waals surface area contributed by atoms with Crippen molar-refractivity contribution >= 4 is 11.7 Å². The Bertz CT molecular complexity index is 745. The van der Waals surface area contributed by atoms with Gasteiger partial charge in [0.1, 0.15) is 17.2 Å². The summed E-state index contributed by atoms with van der Waals surface area (Å²) in [5, 5.41) is 0. The van der Waals surface area contributed by atoms with Crippen LogP contribution in [-0.4, -0.2) is 60.7 Å². The number of anilines is 1. The van der Waals surface area contributed by atoms with E-state index in [-0.39, 0.29) is 11.7 Å². The first kappa shape index (κ1) is 17.3. The minimum atomic E-state index is -0.311. The lowest BCUT2D eigenvalue weighted by Crippen LogP contribution is -2.41. The molecule has 1 aromatic heterocycles. The molecule has 0 saturated carbocycles. The number of hydrogen-bond acceptors (Lipinski definition) is 5. The van der Waals surface area contributed by atoms with Gasteiger partial charge in [0.2, 0.25) is 0 Å². The van der Waals surface area contributed by atoms with E-state index < -0.39 is 0 Å². The summed E-state index contributed by atoms with van der Waals surface area (Å²) in [7, 11) is 1.88. The van der Waals surface area contributed by atoms with Crippen LogP contribution in [0, 0.1) is 5.82 Å². The topological polar surface area (TPSA) is 58.6 Å². The van der Waals surface area contributed by atoms with E-state index in [2.05, 4.69) is 9.97 Å². The lowest BCUT2D eigenvalue weighted by atomic mass is 10.2. The monoisotopic (exact) mass is 344 g/mol. The lowest BCUT2D eigenvalue weighted by molar-refractivity contribution is 0.0303. The van der Waals surface area contributed by atoms with Crippen LogP contribution in [0.15, 0.2) is 30.5 Å². The molecule has 2 aromatic rings. The Kier molecular flexibility index (Phi) is 5.23. The molecule has 0 bridgehead atoms. The predicted octanol–water partition coefficient (Wildman–Crippen LogP) is 2.21. The third kappa shape index (κ3) is 3.76. The van der Waals surface area contributed by atoms with Crippen molar-refractivity contribution in [3.63, 3.8) is 0 Å². The van der Waals surface area contributed by atoms with Crippen molar-refractivity contribution in [1.29, 1.82) is 0 Å². The maximum absolute atomic E-state index is 13.1. The van der Waals surface area contributed by atoms with E-state index in [0.717, 1.165) is 0 Å². The van der Waals surface area contributed by atoms with Crippen molar-refractivity contribution in [3.05, 3.63) is 41.8 Å². The average molecular weight is 344 g/mol. The van der Waals surface area contributed by atoms with Crippen LogP contribution >= 0.6 is 0 Å². The molecule has 1 aromatic carbocycles. The molecule has 0 N–H and O–H groups in total. The van der Waals surface area contributed by atoms with Gasteiger partial charge in [0.15, 0.2) is 5.82 Å². The Morgan fingerprint density at radius 1 is 1.28 bits per heavy atom. The fourth-order valence-corrected chi connectivity index (χ4v) is 2.64. The van der Waals surface area contributed by atoms with E-state index >= 15 is 0 Å². The summed E-state index contributed by atoms with van der Waals surface area (Å²) >= 11 is 0. The van der Waals surface area contributed by atoms with Crippen LogP contribution < -0.4 is 4.90 Å². The van der Waals surface area contributed by atoms with Crippen LogP contribution in [0.2, 0.25) is 0 Å². The Hall–Kier alpha value is -2.54. The maximum atomic E-state index is 13.1. The molecule has 0 atom stereocenters. The van der Waals surface area contributed by atoms with Gasteiger partial charge >= 0.3 is 0 Å². The summed E-state index contributed by atoms with van der Waals surface area (Å²) < 4.78 is 18.4. The highest BCUT2D eigenvalue weighted by Gasteiger charge is 2.24. The smallest absolute Gasteiger partial charge is 0.259 e. The second-order valence-electron chi connectivity index (χ2n) is 5.86. The summed E-state index contributed by atoms with van der Waals surface area (Å²) in [5.74, 6) is 0.639. The summed E-state index contributed by atoms with van der Waals surface area (Å²) in [4.78, 5) is 25.4. The number of aromatic nitrogens is 2. The van der Waals surface area contributed by atoms with Crippen molar-refractivity contribution < 1.29 is 13.9 Å². The molecule has 1 amide bonds. The molecule has 7 heteroatoms. The minimum absolute atomic E-state index is 0.0933. The van der Waals surface area contributed by atoms with E-state index in [0.29, 0.717) is 55.6 Å². The molecule has 1 fully saturated rings. The van der Waals surface area contributed by atoms with Gasteiger partial charge in [-0.1, -0.05) is 0 Å². The van der Waals surface area contributed by atoms with E-state index in [1.165, 1.54) is 12.1 Å². The van der Waals surface area contributed by atoms with E-state index in [1.54, 1.807) is 23.2 Å². The van der Waals surface area contributed by atoms with Crippen molar-refractivity contribution in [2.24, 2.45) is 0 Å².